The Hall–Kier alpha value is -2.52. The number of carbonyl (C=O) groups excluding carboxylic acids is 1. The molecule has 1 aromatic rings. The van der Waals surface area contributed by atoms with E-state index in [1.54, 1.807) is 0 Å². The largest absolute Gasteiger partial charge is 0.496 e. The molecule has 2 rings (SSSR count). The summed E-state index contributed by atoms with van der Waals surface area (Å²) in [7, 11) is 2.86. The Kier molecular flexibility index (Phi) is 5.83. The molecule has 0 unspecified atom stereocenters. The van der Waals surface area contributed by atoms with Crippen molar-refractivity contribution in [1.29, 1.82) is 0 Å². The summed E-state index contributed by atoms with van der Waals surface area (Å²) in [6.07, 6.45) is -1.32. The maximum atomic E-state index is 11.9. The molecule has 9 nitrogen and oxygen atoms in total. The molecule has 1 aliphatic rings. The summed E-state index contributed by atoms with van der Waals surface area (Å²) in [5, 5.41) is 11.1. The van der Waals surface area contributed by atoms with Crippen LogP contribution < -0.4 is 20.5 Å². The number of hydrogen-bond donors (Lipinski definition) is 3. The number of nitrogens with one attached hydrogen (secondary N) is 1. The quantitative estimate of drug-likeness (QED) is 0.698. The number of nitrogens with zero attached hydrogens (tertiary/aromatic N) is 1. The first kappa shape index (κ1) is 17.8. The van der Waals surface area contributed by atoms with Gasteiger partial charge in [-0.25, -0.2) is 4.79 Å². The van der Waals surface area contributed by atoms with Gasteiger partial charge in [-0.1, -0.05) is 0 Å². The Labute approximate surface area is 139 Å². The van der Waals surface area contributed by atoms with E-state index in [4.69, 9.17) is 25.1 Å². The third-order valence-electron chi connectivity index (χ3n) is 3.74. The molecule has 0 saturated carbocycles. The lowest BCUT2D eigenvalue weighted by atomic mass is 10.0. The number of benzene rings is 1. The molecule has 0 spiro atoms. The van der Waals surface area contributed by atoms with Gasteiger partial charge in [-0.15, -0.1) is 0 Å². The normalized spacial score (nSPS) is 14.9. The van der Waals surface area contributed by atoms with Gasteiger partial charge in [-0.3, -0.25) is 15.0 Å². The predicted molar refractivity (Wildman–Crippen MR) is 85.8 cm³/mol. The summed E-state index contributed by atoms with van der Waals surface area (Å²) in [6.45, 7) is 3.15. The van der Waals surface area contributed by atoms with E-state index in [0.717, 1.165) is 13.1 Å². The minimum Gasteiger partial charge on any atom is -0.496 e. The third kappa shape index (κ3) is 3.87. The number of primary amides is 1. The second-order valence-corrected chi connectivity index (χ2v) is 5.20. The number of nitrogens with two attached hydrogens (primary N) is 1. The Morgan fingerprint density at radius 2 is 2.00 bits per heavy atom. The summed E-state index contributed by atoms with van der Waals surface area (Å²) >= 11 is 0. The predicted octanol–water partition coefficient (Wildman–Crippen LogP) is 0.725. The van der Waals surface area contributed by atoms with E-state index in [9.17, 15) is 9.59 Å². The van der Waals surface area contributed by atoms with Crippen LogP contribution in [0.4, 0.5) is 10.5 Å². The van der Waals surface area contributed by atoms with Gasteiger partial charge in [0, 0.05) is 25.7 Å². The van der Waals surface area contributed by atoms with Crippen molar-refractivity contribution in [3.8, 4) is 11.5 Å². The minimum atomic E-state index is -1.32. The summed E-state index contributed by atoms with van der Waals surface area (Å²) in [5.74, 6) is -0.175. The molecule has 0 atom stereocenters. The van der Waals surface area contributed by atoms with Crippen LogP contribution in [0, 0.1) is 0 Å². The van der Waals surface area contributed by atoms with E-state index >= 15 is 0 Å². The van der Waals surface area contributed by atoms with Crippen molar-refractivity contribution in [1.82, 2.24) is 4.90 Å². The molecule has 1 aromatic carbocycles. The van der Waals surface area contributed by atoms with Gasteiger partial charge in [0.05, 0.1) is 38.7 Å². The fourth-order valence-corrected chi connectivity index (χ4v) is 2.67. The van der Waals surface area contributed by atoms with E-state index in [1.165, 1.54) is 20.3 Å². The number of morpholine rings is 1. The molecule has 1 aliphatic heterocycles. The Morgan fingerprint density at radius 3 is 2.50 bits per heavy atom. The van der Waals surface area contributed by atoms with Gasteiger partial charge in [0.2, 0.25) is 0 Å². The summed E-state index contributed by atoms with van der Waals surface area (Å²) in [5.41, 5.74) is 6.06. The highest BCUT2D eigenvalue weighted by molar-refractivity contribution is 6.05. The number of ether oxygens (including phenoxy) is 3. The first-order valence-electron chi connectivity index (χ1n) is 7.35. The van der Waals surface area contributed by atoms with Crippen molar-refractivity contribution in [2.45, 2.75) is 6.54 Å². The van der Waals surface area contributed by atoms with Gasteiger partial charge in [-0.05, 0) is 0 Å². The highest BCUT2D eigenvalue weighted by Crippen LogP contribution is 2.38. The number of rotatable bonds is 6. The van der Waals surface area contributed by atoms with Crippen molar-refractivity contribution < 1.29 is 28.9 Å². The lowest BCUT2D eigenvalue weighted by Crippen LogP contribution is -2.36. The smallest absolute Gasteiger partial charge is 0.409 e. The first-order chi connectivity index (χ1) is 11.5. The molecule has 0 aromatic heterocycles. The number of carboxylic acid groups (broad SMARTS) is 1. The van der Waals surface area contributed by atoms with E-state index < -0.39 is 12.0 Å². The Bertz CT molecular complexity index is 628. The van der Waals surface area contributed by atoms with Gasteiger partial charge in [0.15, 0.2) is 0 Å². The maximum Gasteiger partial charge on any atom is 0.409 e. The fourth-order valence-electron chi connectivity index (χ4n) is 2.67. The topological polar surface area (TPSA) is 123 Å². The number of anilines is 1. The molecule has 0 radical (unpaired) electrons. The molecule has 4 N–H and O–H groups in total. The second-order valence-electron chi connectivity index (χ2n) is 5.20. The van der Waals surface area contributed by atoms with Gasteiger partial charge in [-0.2, -0.15) is 0 Å². The number of amides is 2. The molecule has 1 fully saturated rings. The average Bonchev–Trinajstić information content (AvgIpc) is 2.55. The van der Waals surface area contributed by atoms with Gasteiger partial charge >= 0.3 is 6.09 Å². The van der Waals surface area contributed by atoms with Crippen molar-refractivity contribution in [2.75, 3.05) is 45.8 Å². The van der Waals surface area contributed by atoms with Gasteiger partial charge in [0.1, 0.15) is 17.1 Å². The number of hydrogen-bond acceptors (Lipinski definition) is 6. The molecular formula is C15H21N3O6. The van der Waals surface area contributed by atoms with Crippen molar-refractivity contribution >= 4 is 17.7 Å². The molecule has 1 saturated heterocycles. The van der Waals surface area contributed by atoms with Gasteiger partial charge < -0.3 is 25.1 Å². The van der Waals surface area contributed by atoms with Crippen LogP contribution in [0.3, 0.4) is 0 Å². The van der Waals surface area contributed by atoms with Crippen molar-refractivity contribution in [2.24, 2.45) is 5.73 Å². The van der Waals surface area contributed by atoms with Crippen LogP contribution in [-0.4, -0.2) is 62.5 Å². The van der Waals surface area contributed by atoms with Crippen LogP contribution >= 0.6 is 0 Å². The van der Waals surface area contributed by atoms with Crippen LogP contribution in [0.5, 0.6) is 11.5 Å². The van der Waals surface area contributed by atoms with E-state index in [-0.39, 0.29) is 17.0 Å². The fraction of sp³-hybridized carbons (Fsp3) is 0.467. The number of carbonyl (C=O) groups is 2. The molecular weight excluding hydrogens is 318 g/mol. The lowest BCUT2D eigenvalue weighted by Gasteiger charge is -2.28. The zero-order valence-corrected chi connectivity index (χ0v) is 13.6. The average molecular weight is 339 g/mol. The Morgan fingerprint density at radius 1 is 1.33 bits per heavy atom. The SMILES string of the molecule is COc1cc(NC(=O)O)c(C(N)=O)c(OC)c1CN1CCOCC1. The van der Waals surface area contributed by atoms with Crippen LogP contribution in [0.2, 0.25) is 0 Å². The lowest BCUT2D eigenvalue weighted by molar-refractivity contribution is 0.0335. The molecule has 0 aliphatic carbocycles. The molecule has 1 heterocycles. The van der Waals surface area contributed by atoms with Crippen molar-refractivity contribution in [3.63, 3.8) is 0 Å². The maximum absolute atomic E-state index is 11.9. The van der Waals surface area contributed by atoms with E-state index in [0.29, 0.717) is 31.1 Å². The van der Waals surface area contributed by atoms with E-state index in [1.807, 2.05) is 0 Å². The molecule has 9 heteroatoms. The van der Waals surface area contributed by atoms with Crippen LogP contribution in [0.25, 0.3) is 0 Å². The standard InChI is InChI=1S/C15H21N3O6/c1-22-11-7-10(17-15(20)21)12(14(16)19)13(23-2)9(11)8-18-3-5-24-6-4-18/h7,17H,3-6,8H2,1-2H3,(H2,16,19)(H,20,21). The highest BCUT2D eigenvalue weighted by Gasteiger charge is 2.26. The number of methoxy groups -OCH3 is 2. The summed E-state index contributed by atoms with van der Waals surface area (Å²) in [4.78, 5) is 25.0. The molecule has 0 bridgehead atoms. The molecule has 132 valence electrons. The monoisotopic (exact) mass is 339 g/mol. The second kappa shape index (κ2) is 7.84. The molecule has 24 heavy (non-hydrogen) atoms. The highest BCUT2D eigenvalue weighted by atomic mass is 16.5. The van der Waals surface area contributed by atoms with Crippen LogP contribution in [0.15, 0.2) is 6.07 Å². The summed E-state index contributed by atoms with van der Waals surface area (Å²) in [6, 6.07) is 1.44. The Balaban J connectivity index is 2.52. The van der Waals surface area contributed by atoms with Crippen LogP contribution in [0.1, 0.15) is 15.9 Å². The zero-order chi connectivity index (χ0) is 17.7. The van der Waals surface area contributed by atoms with Gasteiger partial charge in [0.25, 0.3) is 5.91 Å². The first-order valence-corrected chi connectivity index (χ1v) is 7.35. The third-order valence-corrected chi connectivity index (χ3v) is 3.74. The molecule has 2 amide bonds. The van der Waals surface area contributed by atoms with Crippen molar-refractivity contribution in [3.05, 3.63) is 17.2 Å². The summed E-state index contributed by atoms with van der Waals surface area (Å²) < 4.78 is 16.1. The minimum absolute atomic E-state index is 0.0226. The zero-order valence-electron chi connectivity index (χ0n) is 13.6. The van der Waals surface area contributed by atoms with E-state index in [2.05, 4.69) is 10.2 Å². The van der Waals surface area contributed by atoms with Crippen LogP contribution in [-0.2, 0) is 11.3 Å².